The van der Waals surface area contributed by atoms with Gasteiger partial charge in [0.1, 0.15) is 5.03 Å². The monoisotopic (exact) mass is 468 g/mol. The quantitative estimate of drug-likeness (QED) is 0.652. The molecule has 2 amide bonds. The van der Waals surface area contributed by atoms with Gasteiger partial charge < -0.3 is 15.0 Å². The van der Waals surface area contributed by atoms with Gasteiger partial charge in [0.05, 0.1) is 13.0 Å². The lowest BCUT2D eigenvalue weighted by molar-refractivity contribution is -0.132. The molecule has 0 saturated carbocycles. The van der Waals surface area contributed by atoms with Gasteiger partial charge in [-0.15, -0.1) is 0 Å². The molecule has 1 saturated heterocycles. The number of hydrogen-bond donors (Lipinski definition) is 2. The van der Waals surface area contributed by atoms with Crippen LogP contribution in [0.15, 0.2) is 41.6 Å². The molecule has 0 bridgehead atoms. The van der Waals surface area contributed by atoms with E-state index < -0.39 is 11.6 Å². The summed E-state index contributed by atoms with van der Waals surface area (Å²) in [7, 11) is 1.29. The van der Waals surface area contributed by atoms with E-state index in [2.05, 4.69) is 15.0 Å². The lowest BCUT2D eigenvalue weighted by atomic mass is 9.97. The second kappa shape index (κ2) is 14.4. The van der Waals surface area contributed by atoms with Gasteiger partial charge in [0.15, 0.2) is 11.6 Å². The Bertz CT molecular complexity index is 886. The van der Waals surface area contributed by atoms with E-state index in [4.69, 9.17) is 5.14 Å². The summed E-state index contributed by atoms with van der Waals surface area (Å²) in [4.78, 5) is 29.4. The van der Waals surface area contributed by atoms with E-state index in [1.165, 1.54) is 26.2 Å². The summed E-state index contributed by atoms with van der Waals surface area (Å²) in [6.07, 6.45) is 3.27. The van der Waals surface area contributed by atoms with Crippen LogP contribution >= 0.6 is 11.9 Å². The van der Waals surface area contributed by atoms with Crippen LogP contribution in [0.2, 0.25) is 0 Å². The third-order valence-electron chi connectivity index (χ3n) is 4.50. The largest absolute Gasteiger partial charge is 0.494 e. The molecule has 176 valence electrons. The highest BCUT2D eigenvalue weighted by molar-refractivity contribution is 7.97. The zero-order chi connectivity index (χ0) is 24.1. The number of piperidine rings is 1. The fourth-order valence-electron chi connectivity index (χ4n) is 2.91. The highest BCUT2D eigenvalue weighted by Crippen LogP contribution is 2.20. The first-order valence-corrected chi connectivity index (χ1v) is 11.1. The summed E-state index contributed by atoms with van der Waals surface area (Å²) in [5.41, 5.74) is 0.679. The summed E-state index contributed by atoms with van der Waals surface area (Å²) in [6, 6.07) is 7.24. The minimum Gasteiger partial charge on any atom is -0.494 e. The van der Waals surface area contributed by atoms with Gasteiger partial charge in [-0.2, -0.15) is 4.39 Å². The lowest BCUT2D eigenvalue weighted by Gasteiger charge is -2.31. The summed E-state index contributed by atoms with van der Waals surface area (Å²) in [5.74, 6) is -2.09. The van der Waals surface area contributed by atoms with Crippen LogP contribution in [0.4, 0.5) is 14.5 Å². The zero-order valence-corrected chi connectivity index (χ0v) is 19.5. The van der Waals surface area contributed by atoms with Gasteiger partial charge in [-0.3, -0.25) is 14.7 Å². The number of pyridine rings is 1. The van der Waals surface area contributed by atoms with E-state index in [-0.39, 0.29) is 23.5 Å². The first-order chi connectivity index (χ1) is 15.3. The molecule has 0 spiro atoms. The van der Waals surface area contributed by atoms with Crippen LogP contribution in [0, 0.1) is 17.6 Å². The number of carbonyl (C=O) groups is 2. The Morgan fingerprint density at radius 2 is 2.00 bits per heavy atom. The van der Waals surface area contributed by atoms with Crippen LogP contribution < -0.4 is 15.2 Å². The fraction of sp³-hybridized carbons (Fsp3) is 0.409. The molecule has 32 heavy (non-hydrogen) atoms. The van der Waals surface area contributed by atoms with Crippen molar-refractivity contribution < 1.29 is 23.1 Å². The number of nitrogens with zero attached hydrogens (tertiary/aromatic N) is 2. The molecule has 2 aromatic rings. The van der Waals surface area contributed by atoms with Gasteiger partial charge in [0, 0.05) is 31.9 Å². The van der Waals surface area contributed by atoms with Crippen LogP contribution in [0.1, 0.15) is 33.6 Å². The van der Waals surface area contributed by atoms with Crippen molar-refractivity contribution in [2.45, 2.75) is 38.6 Å². The third-order valence-corrected chi connectivity index (χ3v) is 4.96. The maximum absolute atomic E-state index is 12.5. The molecule has 7 nitrogen and oxygen atoms in total. The van der Waals surface area contributed by atoms with E-state index in [9.17, 15) is 18.4 Å². The first-order valence-electron chi connectivity index (χ1n) is 10.2. The molecule has 1 aliphatic heterocycles. The van der Waals surface area contributed by atoms with E-state index in [1.807, 2.05) is 13.8 Å². The molecule has 3 rings (SSSR count). The third kappa shape index (κ3) is 8.43. The summed E-state index contributed by atoms with van der Waals surface area (Å²) < 4.78 is 29.3. The van der Waals surface area contributed by atoms with Crippen molar-refractivity contribution in [2.75, 3.05) is 25.5 Å². The SMILES string of the molecule is CC.CC(=O)N1CCCC(C(=O)Nc2ccnc(SN)c2)C1.COc1cccc(F)c1F. The number of nitrogens with two attached hydrogens (primary N) is 1. The molecule has 1 unspecified atom stereocenters. The lowest BCUT2D eigenvalue weighted by Crippen LogP contribution is -2.42. The Labute approximate surface area is 191 Å². The molecule has 10 heteroatoms. The number of aromatic nitrogens is 1. The van der Waals surface area contributed by atoms with E-state index in [0.29, 0.717) is 17.3 Å². The number of hydrogen-bond acceptors (Lipinski definition) is 6. The molecule has 0 radical (unpaired) electrons. The number of halogens is 2. The van der Waals surface area contributed by atoms with Crippen LogP contribution in [-0.2, 0) is 9.59 Å². The zero-order valence-electron chi connectivity index (χ0n) is 18.7. The van der Waals surface area contributed by atoms with Crippen LogP contribution in [0.5, 0.6) is 5.75 Å². The summed E-state index contributed by atoms with van der Waals surface area (Å²) >= 11 is 1.03. The number of amides is 2. The molecule has 1 fully saturated rings. The molecular weight excluding hydrogens is 438 g/mol. The predicted octanol–water partition coefficient (Wildman–Crippen LogP) is 4.24. The number of likely N-dealkylation sites (tertiary alicyclic amines) is 1. The number of ether oxygens (including phenoxy) is 1. The Balaban J connectivity index is 0.000000358. The molecule has 2 heterocycles. The second-order valence-corrected chi connectivity index (χ2v) is 7.20. The van der Waals surface area contributed by atoms with Crippen LogP contribution in [0.25, 0.3) is 0 Å². The molecule has 1 aliphatic rings. The highest BCUT2D eigenvalue weighted by atomic mass is 32.2. The Morgan fingerprint density at radius 3 is 2.59 bits per heavy atom. The van der Waals surface area contributed by atoms with Gasteiger partial charge in [-0.25, -0.2) is 9.37 Å². The summed E-state index contributed by atoms with van der Waals surface area (Å²) in [5, 5.41) is 8.95. The first kappa shape index (κ1) is 27.3. The number of carbonyl (C=O) groups excluding carboxylic acids is 2. The smallest absolute Gasteiger partial charge is 0.229 e. The number of rotatable bonds is 4. The average Bonchev–Trinajstić information content (AvgIpc) is 2.82. The van der Waals surface area contributed by atoms with Crippen molar-refractivity contribution in [1.82, 2.24) is 9.88 Å². The maximum atomic E-state index is 12.5. The van der Waals surface area contributed by atoms with Gasteiger partial charge >= 0.3 is 0 Å². The number of nitrogens with one attached hydrogen (secondary N) is 1. The van der Waals surface area contributed by atoms with Crippen LogP contribution in [0.3, 0.4) is 0 Å². The van der Waals surface area contributed by atoms with Gasteiger partial charge in [-0.05, 0) is 49.1 Å². The number of benzene rings is 1. The topological polar surface area (TPSA) is 97.6 Å². The van der Waals surface area contributed by atoms with Crippen molar-refractivity contribution in [3.8, 4) is 5.75 Å². The fourth-order valence-corrected chi connectivity index (χ4v) is 3.23. The normalized spacial score (nSPS) is 14.8. The van der Waals surface area contributed by atoms with Crippen molar-refractivity contribution in [3.63, 3.8) is 0 Å². The molecule has 1 aromatic carbocycles. The van der Waals surface area contributed by atoms with Crippen LogP contribution in [-0.4, -0.2) is 41.9 Å². The van der Waals surface area contributed by atoms with Crippen molar-refractivity contribution in [3.05, 3.63) is 48.2 Å². The second-order valence-electron chi connectivity index (χ2n) is 6.55. The standard InChI is InChI=1S/C13H18N4O2S.C7H6F2O.C2H6/c1-9(18)17-6-2-3-10(8-17)13(19)16-11-4-5-15-12(7-11)20-14;1-10-6-4-2-3-5(8)7(6)9;1-2/h4-5,7,10H,2-3,6,8,14H2,1H3,(H,15,16,19);2-4H,1H3;1-2H3. The van der Waals surface area contributed by atoms with E-state index in [1.54, 1.807) is 23.2 Å². The Kier molecular flexibility index (Phi) is 12.3. The molecule has 1 aromatic heterocycles. The number of methoxy groups -OCH3 is 1. The average molecular weight is 469 g/mol. The van der Waals surface area contributed by atoms with Crippen molar-refractivity contribution in [2.24, 2.45) is 11.1 Å². The Hall–Kier alpha value is -2.72. The molecular formula is C22H30F2N4O3S. The Morgan fingerprint density at radius 1 is 1.28 bits per heavy atom. The minimum atomic E-state index is -0.940. The van der Waals surface area contributed by atoms with Gasteiger partial charge in [-0.1, -0.05) is 19.9 Å². The molecule has 0 aliphatic carbocycles. The molecule has 3 N–H and O–H groups in total. The van der Waals surface area contributed by atoms with E-state index >= 15 is 0 Å². The predicted molar refractivity (Wildman–Crippen MR) is 122 cm³/mol. The highest BCUT2D eigenvalue weighted by Gasteiger charge is 2.27. The summed E-state index contributed by atoms with van der Waals surface area (Å²) in [6.45, 7) is 6.76. The van der Waals surface area contributed by atoms with E-state index in [0.717, 1.165) is 37.4 Å². The number of anilines is 1. The van der Waals surface area contributed by atoms with Crippen molar-refractivity contribution in [1.29, 1.82) is 0 Å². The van der Waals surface area contributed by atoms with Gasteiger partial charge in [0.25, 0.3) is 0 Å². The van der Waals surface area contributed by atoms with Crippen molar-refractivity contribution >= 4 is 29.4 Å². The maximum Gasteiger partial charge on any atom is 0.229 e. The van der Waals surface area contributed by atoms with Gasteiger partial charge in [0.2, 0.25) is 17.6 Å². The molecule has 1 atom stereocenters. The minimum absolute atomic E-state index is 0.0215.